The molecule has 0 aliphatic carbocycles. The normalized spacial score (nSPS) is 13.0. The quantitative estimate of drug-likeness (QED) is 0.215. The number of anilines is 2. The van der Waals surface area contributed by atoms with Gasteiger partial charge in [0.05, 0.1) is 27.9 Å². The molecule has 4 heterocycles. The lowest BCUT2D eigenvalue weighted by atomic mass is 9.94. The molecule has 0 spiro atoms. The SMILES string of the molecule is CS(=O)(=O)c1cccc(Cn2cc(-c3ccc(N4CCc5cccc(C(=O)Nc6nc7ccccc7s6)c5C4)nc3C(=O)O)cn2)c1. The molecule has 0 saturated heterocycles. The molecule has 0 radical (unpaired) electrons. The molecule has 3 aromatic heterocycles. The van der Waals surface area contributed by atoms with Gasteiger partial charge in [-0.25, -0.2) is 23.2 Å². The van der Waals surface area contributed by atoms with E-state index < -0.39 is 15.8 Å². The van der Waals surface area contributed by atoms with Crippen molar-refractivity contribution in [1.29, 1.82) is 0 Å². The molecule has 0 atom stereocenters. The standard InChI is InChI=1S/C34H28N6O5S2/c1-47(44,45)24-8-4-6-21(16-24)18-40-19-23(17-35-40)25-12-13-30(37-31(25)33(42)43)39-15-14-22-7-5-9-26(27(22)20-39)32(41)38-34-36-28-10-2-3-11-29(28)46-34/h2-13,16-17,19H,14-15,18,20H2,1H3,(H,42,43)(H,36,38,41). The van der Waals surface area contributed by atoms with Crippen LogP contribution >= 0.6 is 11.3 Å². The molecule has 11 nitrogen and oxygen atoms in total. The second-order valence-electron chi connectivity index (χ2n) is 11.3. The Bertz CT molecular complexity index is 2260. The molecule has 0 unspecified atom stereocenters. The number of benzene rings is 3. The van der Waals surface area contributed by atoms with Crippen molar-refractivity contribution in [2.45, 2.75) is 24.4 Å². The molecular formula is C34H28N6O5S2. The van der Waals surface area contributed by atoms with E-state index in [1.54, 1.807) is 53.5 Å². The number of para-hydroxylation sites is 1. The van der Waals surface area contributed by atoms with Gasteiger partial charge in [0.25, 0.3) is 5.91 Å². The Morgan fingerprint density at radius 3 is 2.64 bits per heavy atom. The number of carbonyl (C=O) groups is 2. The van der Waals surface area contributed by atoms with Crippen LogP contribution in [0.3, 0.4) is 0 Å². The molecular weight excluding hydrogens is 637 g/mol. The maximum absolute atomic E-state index is 13.4. The number of hydrogen-bond acceptors (Lipinski definition) is 9. The summed E-state index contributed by atoms with van der Waals surface area (Å²) >= 11 is 1.41. The van der Waals surface area contributed by atoms with E-state index in [-0.39, 0.29) is 16.5 Å². The Labute approximate surface area is 274 Å². The molecule has 1 aliphatic rings. The van der Waals surface area contributed by atoms with Gasteiger partial charge >= 0.3 is 5.97 Å². The van der Waals surface area contributed by atoms with E-state index in [2.05, 4.69) is 20.4 Å². The predicted molar refractivity (Wildman–Crippen MR) is 180 cm³/mol. The summed E-state index contributed by atoms with van der Waals surface area (Å²) in [4.78, 5) is 37.1. The van der Waals surface area contributed by atoms with E-state index in [9.17, 15) is 23.1 Å². The fourth-order valence-corrected chi connectivity index (χ4v) is 7.30. The average molecular weight is 665 g/mol. The summed E-state index contributed by atoms with van der Waals surface area (Å²) in [6.07, 6.45) is 5.10. The minimum Gasteiger partial charge on any atom is -0.476 e. The molecule has 1 aliphatic heterocycles. The van der Waals surface area contributed by atoms with Crippen LogP contribution < -0.4 is 10.2 Å². The number of nitrogens with one attached hydrogen (secondary N) is 1. The molecule has 6 aromatic rings. The fraction of sp³-hybridized carbons (Fsp3) is 0.147. The van der Waals surface area contributed by atoms with Crippen molar-refractivity contribution < 1.29 is 23.1 Å². The summed E-state index contributed by atoms with van der Waals surface area (Å²) in [6.45, 7) is 1.29. The summed E-state index contributed by atoms with van der Waals surface area (Å²) in [7, 11) is -3.35. The van der Waals surface area contributed by atoms with Gasteiger partial charge in [-0.15, -0.1) is 0 Å². The monoisotopic (exact) mass is 664 g/mol. The van der Waals surface area contributed by atoms with Gasteiger partial charge in [-0.05, 0) is 65.6 Å². The number of carboxylic acids is 1. The molecule has 1 amide bonds. The first kappa shape index (κ1) is 30.3. The summed E-state index contributed by atoms with van der Waals surface area (Å²) < 4.78 is 26.5. The predicted octanol–water partition coefficient (Wildman–Crippen LogP) is 5.52. The number of carbonyl (C=O) groups excluding carboxylic acids is 1. The Hall–Kier alpha value is -5.40. The highest BCUT2D eigenvalue weighted by Crippen LogP contribution is 2.31. The van der Waals surface area contributed by atoms with Crippen LogP contribution in [0.25, 0.3) is 21.3 Å². The third-order valence-electron chi connectivity index (χ3n) is 8.05. The molecule has 7 rings (SSSR count). The second-order valence-corrected chi connectivity index (χ2v) is 14.3. The second kappa shape index (κ2) is 12.1. The van der Waals surface area contributed by atoms with E-state index in [1.165, 1.54) is 11.3 Å². The number of sulfone groups is 1. The van der Waals surface area contributed by atoms with Gasteiger partial charge in [-0.1, -0.05) is 47.7 Å². The Kier molecular flexibility index (Phi) is 7.78. The third kappa shape index (κ3) is 6.22. The average Bonchev–Trinajstić information content (AvgIpc) is 3.70. The van der Waals surface area contributed by atoms with Crippen LogP contribution in [0.4, 0.5) is 10.9 Å². The first-order chi connectivity index (χ1) is 22.6. The lowest BCUT2D eigenvalue weighted by Crippen LogP contribution is -2.33. The molecule has 13 heteroatoms. The largest absolute Gasteiger partial charge is 0.476 e. The van der Waals surface area contributed by atoms with E-state index in [1.807, 2.05) is 47.4 Å². The zero-order valence-corrected chi connectivity index (χ0v) is 26.8. The van der Waals surface area contributed by atoms with Crippen LogP contribution in [0.2, 0.25) is 0 Å². The van der Waals surface area contributed by atoms with E-state index in [4.69, 9.17) is 0 Å². The first-order valence-electron chi connectivity index (χ1n) is 14.7. The number of fused-ring (bicyclic) bond motifs is 2. The zero-order valence-electron chi connectivity index (χ0n) is 25.1. The summed E-state index contributed by atoms with van der Waals surface area (Å²) in [5.74, 6) is -0.940. The molecule has 0 bridgehead atoms. The van der Waals surface area contributed by atoms with Gasteiger partial charge in [-0.2, -0.15) is 5.10 Å². The minimum atomic E-state index is -3.35. The van der Waals surface area contributed by atoms with Gasteiger partial charge in [0.1, 0.15) is 5.82 Å². The molecule has 236 valence electrons. The van der Waals surface area contributed by atoms with Crippen LogP contribution in [0.1, 0.15) is 37.5 Å². The Morgan fingerprint density at radius 1 is 1.00 bits per heavy atom. The smallest absolute Gasteiger partial charge is 0.355 e. The van der Waals surface area contributed by atoms with Crippen molar-refractivity contribution in [1.82, 2.24) is 19.7 Å². The van der Waals surface area contributed by atoms with Gasteiger partial charge in [0, 0.05) is 42.2 Å². The number of thiazole rings is 1. The van der Waals surface area contributed by atoms with Crippen molar-refractivity contribution in [2.75, 3.05) is 23.0 Å². The number of aromatic nitrogens is 4. The number of aromatic carboxylic acids is 1. The summed E-state index contributed by atoms with van der Waals surface area (Å²) in [6, 6.07) is 23.5. The summed E-state index contributed by atoms with van der Waals surface area (Å²) in [5.41, 5.74) is 4.88. The molecule has 0 fully saturated rings. The van der Waals surface area contributed by atoms with Crippen LogP contribution in [0, 0.1) is 0 Å². The number of amides is 1. The highest BCUT2D eigenvalue weighted by atomic mass is 32.2. The van der Waals surface area contributed by atoms with Crippen molar-refractivity contribution in [3.05, 3.63) is 119 Å². The van der Waals surface area contributed by atoms with E-state index in [0.29, 0.717) is 53.7 Å². The lowest BCUT2D eigenvalue weighted by Gasteiger charge is -2.31. The van der Waals surface area contributed by atoms with Crippen LogP contribution in [0.15, 0.2) is 96.2 Å². The number of rotatable bonds is 8. The number of nitrogens with zero attached hydrogens (tertiary/aromatic N) is 5. The molecule has 2 N–H and O–H groups in total. The number of hydrogen-bond donors (Lipinski definition) is 2. The van der Waals surface area contributed by atoms with Gasteiger partial charge in [0.2, 0.25) is 0 Å². The Balaban J connectivity index is 1.12. The Morgan fingerprint density at radius 2 is 1.83 bits per heavy atom. The van der Waals surface area contributed by atoms with Crippen LogP contribution in [-0.4, -0.2) is 57.9 Å². The van der Waals surface area contributed by atoms with Crippen molar-refractivity contribution in [2.24, 2.45) is 0 Å². The number of pyridine rings is 1. The highest BCUT2D eigenvalue weighted by Gasteiger charge is 2.25. The maximum atomic E-state index is 13.4. The maximum Gasteiger partial charge on any atom is 0.355 e. The van der Waals surface area contributed by atoms with E-state index >= 15 is 0 Å². The van der Waals surface area contributed by atoms with Crippen LogP contribution in [-0.2, 0) is 29.3 Å². The zero-order chi connectivity index (χ0) is 32.7. The molecule has 0 saturated carbocycles. The number of carboxylic acid groups (broad SMARTS) is 1. The van der Waals surface area contributed by atoms with Crippen molar-refractivity contribution in [3.8, 4) is 11.1 Å². The summed E-state index contributed by atoms with van der Waals surface area (Å²) in [5, 5.41) is 18.0. The van der Waals surface area contributed by atoms with Gasteiger partial charge in [0.15, 0.2) is 20.7 Å². The third-order valence-corrected chi connectivity index (χ3v) is 10.1. The molecule has 3 aromatic carbocycles. The van der Waals surface area contributed by atoms with Gasteiger partial charge < -0.3 is 10.0 Å². The van der Waals surface area contributed by atoms with Crippen molar-refractivity contribution in [3.63, 3.8) is 0 Å². The minimum absolute atomic E-state index is 0.117. The topological polar surface area (TPSA) is 147 Å². The fourth-order valence-electron chi connectivity index (χ4n) is 5.75. The van der Waals surface area contributed by atoms with Gasteiger partial charge in [-0.3, -0.25) is 14.8 Å². The van der Waals surface area contributed by atoms with Crippen molar-refractivity contribution >= 4 is 54.2 Å². The molecule has 47 heavy (non-hydrogen) atoms. The van der Waals surface area contributed by atoms with E-state index in [0.717, 1.165) is 33.2 Å². The first-order valence-corrected chi connectivity index (χ1v) is 17.4. The highest BCUT2D eigenvalue weighted by molar-refractivity contribution is 7.90. The lowest BCUT2D eigenvalue weighted by molar-refractivity contribution is 0.0691. The van der Waals surface area contributed by atoms with Crippen LogP contribution in [0.5, 0.6) is 0 Å².